The summed E-state index contributed by atoms with van der Waals surface area (Å²) in [5.74, 6) is 0.0386. The Morgan fingerprint density at radius 1 is 1.29 bits per heavy atom. The number of fused-ring (bicyclic) bond motifs is 1. The third kappa shape index (κ3) is 4.39. The Hall–Kier alpha value is -2.61. The number of carbonyl (C=O) groups excluding carboxylic acids is 2. The standard InChI is InChI=1S/C22H22Cl2N4O3/c1-12(20-26-18-7-5-14(23)10-19(18)27-20)25-21(30)13-4-6-16(17(24)9-13)22(31)28-8-2-3-15(28)11-29/h4-7,9-10,12,15,29H,2-3,8,11H2,1H3,(H,25,30)(H,26,27)/t12-,15-/m0/s1. The minimum absolute atomic E-state index is 0.0737. The molecular formula is C22H22Cl2N4O3. The fourth-order valence-electron chi connectivity index (χ4n) is 3.83. The maximum atomic E-state index is 12.8. The van der Waals surface area contributed by atoms with Gasteiger partial charge in [-0.15, -0.1) is 0 Å². The van der Waals surface area contributed by atoms with Gasteiger partial charge in [0.05, 0.1) is 40.3 Å². The number of halogens is 2. The van der Waals surface area contributed by atoms with E-state index in [0.717, 1.165) is 23.9 Å². The molecule has 1 fully saturated rings. The summed E-state index contributed by atoms with van der Waals surface area (Å²) in [5, 5.41) is 13.1. The van der Waals surface area contributed by atoms with Crippen LogP contribution in [0.15, 0.2) is 36.4 Å². The average molecular weight is 461 g/mol. The van der Waals surface area contributed by atoms with E-state index in [4.69, 9.17) is 23.2 Å². The molecule has 2 aromatic carbocycles. The fourth-order valence-corrected chi connectivity index (χ4v) is 4.26. The van der Waals surface area contributed by atoms with Crippen molar-refractivity contribution in [3.63, 3.8) is 0 Å². The second kappa shape index (κ2) is 8.86. The van der Waals surface area contributed by atoms with E-state index in [9.17, 15) is 14.7 Å². The van der Waals surface area contributed by atoms with Gasteiger partial charge in [-0.2, -0.15) is 0 Å². The molecule has 0 radical (unpaired) electrons. The minimum atomic E-state index is -0.381. The lowest BCUT2D eigenvalue weighted by Gasteiger charge is -2.23. The highest BCUT2D eigenvalue weighted by Crippen LogP contribution is 2.25. The summed E-state index contributed by atoms with van der Waals surface area (Å²) in [4.78, 5) is 34.8. The van der Waals surface area contributed by atoms with Gasteiger partial charge in [0.2, 0.25) is 0 Å². The fraction of sp³-hybridized carbons (Fsp3) is 0.318. The second-order valence-corrected chi connectivity index (χ2v) is 8.49. The normalized spacial score (nSPS) is 17.2. The molecule has 1 saturated heterocycles. The van der Waals surface area contributed by atoms with Gasteiger partial charge in [-0.25, -0.2) is 4.98 Å². The molecule has 0 spiro atoms. The highest BCUT2D eigenvalue weighted by atomic mass is 35.5. The molecule has 0 unspecified atom stereocenters. The molecule has 0 aliphatic carbocycles. The van der Waals surface area contributed by atoms with Crippen LogP contribution < -0.4 is 5.32 Å². The molecule has 3 N–H and O–H groups in total. The molecule has 4 rings (SSSR count). The molecular weight excluding hydrogens is 439 g/mol. The Labute approximate surface area is 189 Å². The molecule has 0 bridgehead atoms. The number of aromatic amines is 1. The highest BCUT2D eigenvalue weighted by molar-refractivity contribution is 6.34. The zero-order valence-corrected chi connectivity index (χ0v) is 18.4. The molecule has 2 heterocycles. The first kappa shape index (κ1) is 21.6. The summed E-state index contributed by atoms with van der Waals surface area (Å²) in [6, 6.07) is 9.40. The largest absolute Gasteiger partial charge is 0.394 e. The van der Waals surface area contributed by atoms with Gasteiger partial charge >= 0.3 is 0 Å². The number of likely N-dealkylation sites (tertiary alicyclic amines) is 1. The number of hydrogen-bond donors (Lipinski definition) is 3. The van der Waals surface area contributed by atoms with Crippen LogP contribution in [0.1, 0.15) is 52.3 Å². The van der Waals surface area contributed by atoms with Crippen LogP contribution in [0.4, 0.5) is 0 Å². The average Bonchev–Trinajstić information content (AvgIpc) is 3.39. The Kier molecular flexibility index (Phi) is 6.18. The first-order valence-electron chi connectivity index (χ1n) is 10.0. The lowest BCUT2D eigenvalue weighted by molar-refractivity contribution is 0.0677. The van der Waals surface area contributed by atoms with Gasteiger partial charge in [0.1, 0.15) is 5.82 Å². The van der Waals surface area contributed by atoms with E-state index >= 15 is 0 Å². The van der Waals surface area contributed by atoms with E-state index in [1.165, 1.54) is 6.07 Å². The molecule has 1 aliphatic rings. The van der Waals surface area contributed by atoms with Gasteiger partial charge in [-0.1, -0.05) is 23.2 Å². The smallest absolute Gasteiger partial charge is 0.255 e. The molecule has 9 heteroatoms. The number of aliphatic hydroxyl groups excluding tert-OH is 1. The van der Waals surface area contributed by atoms with Gasteiger partial charge in [0.25, 0.3) is 11.8 Å². The van der Waals surface area contributed by atoms with Gasteiger partial charge in [0, 0.05) is 17.1 Å². The number of benzene rings is 2. The number of hydrogen-bond acceptors (Lipinski definition) is 4. The third-order valence-electron chi connectivity index (χ3n) is 5.53. The van der Waals surface area contributed by atoms with Crippen LogP contribution in [0.3, 0.4) is 0 Å². The summed E-state index contributed by atoms with van der Waals surface area (Å²) in [5.41, 5.74) is 2.21. The second-order valence-electron chi connectivity index (χ2n) is 7.65. The van der Waals surface area contributed by atoms with Crippen LogP contribution in [-0.4, -0.2) is 51.0 Å². The molecule has 162 valence electrons. The van der Waals surface area contributed by atoms with Crippen molar-refractivity contribution in [2.45, 2.75) is 31.8 Å². The molecule has 1 aliphatic heterocycles. The van der Waals surface area contributed by atoms with E-state index < -0.39 is 0 Å². The SMILES string of the molecule is C[C@H](NC(=O)c1ccc(C(=O)N2CCC[C@H]2CO)c(Cl)c1)c1nc2cc(Cl)ccc2[nH]1. The number of H-pyrrole nitrogens is 1. The highest BCUT2D eigenvalue weighted by Gasteiger charge is 2.30. The first-order valence-corrected chi connectivity index (χ1v) is 10.8. The summed E-state index contributed by atoms with van der Waals surface area (Å²) in [6.07, 6.45) is 1.62. The number of amides is 2. The predicted molar refractivity (Wildman–Crippen MR) is 120 cm³/mol. The van der Waals surface area contributed by atoms with Gasteiger partial charge in [0.15, 0.2) is 0 Å². The van der Waals surface area contributed by atoms with E-state index in [-0.39, 0.29) is 35.5 Å². The molecule has 3 aromatic rings. The number of aromatic nitrogens is 2. The van der Waals surface area contributed by atoms with Crippen molar-refractivity contribution in [2.24, 2.45) is 0 Å². The number of nitrogens with one attached hydrogen (secondary N) is 2. The Bertz CT molecular complexity index is 1150. The van der Waals surface area contributed by atoms with Crippen LogP contribution in [0.25, 0.3) is 11.0 Å². The Balaban J connectivity index is 1.48. The molecule has 1 aromatic heterocycles. The van der Waals surface area contributed by atoms with Crippen LogP contribution in [0, 0.1) is 0 Å². The van der Waals surface area contributed by atoms with E-state index in [2.05, 4.69) is 15.3 Å². The topological polar surface area (TPSA) is 98.3 Å². The van der Waals surface area contributed by atoms with Crippen LogP contribution in [0.2, 0.25) is 10.0 Å². The molecule has 0 saturated carbocycles. The van der Waals surface area contributed by atoms with Crippen molar-refractivity contribution in [3.05, 3.63) is 63.4 Å². The van der Waals surface area contributed by atoms with Crippen LogP contribution >= 0.6 is 23.2 Å². The molecule has 31 heavy (non-hydrogen) atoms. The zero-order valence-electron chi connectivity index (χ0n) is 16.9. The van der Waals surface area contributed by atoms with Crippen molar-refractivity contribution in [2.75, 3.05) is 13.2 Å². The predicted octanol–water partition coefficient (Wildman–Crippen LogP) is 3.96. The van der Waals surface area contributed by atoms with E-state index in [1.54, 1.807) is 29.2 Å². The first-order chi connectivity index (χ1) is 14.9. The van der Waals surface area contributed by atoms with Crippen molar-refractivity contribution in [1.29, 1.82) is 0 Å². The van der Waals surface area contributed by atoms with Gasteiger partial charge in [-0.3, -0.25) is 9.59 Å². The van der Waals surface area contributed by atoms with E-state index in [1.807, 2.05) is 13.0 Å². The maximum Gasteiger partial charge on any atom is 0.255 e. The number of rotatable bonds is 5. The van der Waals surface area contributed by atoms with Crippen molar-refractivity contribution >= 4 is 46.0 Å². The number of nitrogens with zero attached hydrogens (tertiary/aromatic N) is 2. The van der Waals surface area contributed by atoms with Crippen molar-refractivity contribution < 1.29 is 14.7 Å². The monoisotopic (exact) mass is 460 g/mol. The van der Waals surface area contributed by atoms with Crippen molar-refractivity contribution in [1.82, 2.24) is 20.2 Å². The summed E-state index contributed by atoms with van der Waals surface area (Å²) >= 11 is 12.3. The molecule has 7 nitrogen and oxygen atoms in total. The third-order valence-corrected chi connectivity index (χ3v) is 6.08. The molecule has 2 atom stereocenters. The summed E-state index contributed by atoms with van der Waals surface area (Å²) < 4.78 is 0. The number of carbonyl (C=O) groups is 2. The quantitative estimate of drug-likeness (QED) is 0.536. The number of imidazole rings is 1. The van der Waals surface area contributed by atoms with Gasteiger partial charge < -0.3 is 20.3 Å². The van der Waals surface area contributed by atoms with Crippen LogP contribution in [-0.2, 0) is 0 Å². The minimum Gasteiger partial charge on any atom is -0.394 e. The molecule has 2 amide bonds. The van der Waals surface area contributed by atoms with Crippen molar-refractivity contribution in [3.8, 4) is 0 Å². The van der Waals surface area contributed by atoms with Gasteiger partial charge in [-0.05, 0) is 56.2 Å². The van der Waals surface area contributed by atoms with E-state index in [0.29, 0.717) is 28.5 Å². The Morgan fingerprint density at radius 3 is 2.84 bits per heavy atom. The Morgan fingerprint density at radius 2 is 2.10 bits per heavy atom. The summed E-state index contributed by atoms with van der Waals surface area (Å²) in [6.45, 7) is 2.33. The lowest BCUT2D eigenvalue weighted by atomic mass is 10.1. The zero-order chi connectivity index (χ0) is 22.1. The summed E-state index contributed by atoms with van der Waals surface area (Å²) in [7, 11) is 0. The maximum absolute atomic E-state index is 12.8. The van der Waals surface area contributed by atoms with Crippen LogP contribution in [0.5, 0.6) is 0 Å². The lowest BCUT2D eigenvalue weighted by Crippen LogP contribution is -2.37. The number of aliphatic hydroxyl groups is 1.